The fraction of sp³-hybridized carbons (Fsp3) is 0.579. The minimum absolute atomic E-state index is 0. The second-order valence-corrected chi connectivity index (χ2v) is 6.30. The second-order valence-electron chi connectivity index (χ2n) is 6.30. The van der Waals surface area contributed by atoms with Crippen LogP contribution in [-0.2, 0) is 11.3 Å². The molecule has 2 N–H and O–H groups in total. The van der Waals surface area contributed by atoms with Crippen molar-refractivity contribution in [3.63, 3.8) is 0 Å². The van der Waals surface area contributed by atoms with Gasteiger partial charge in [0.2, 0.25) is 5.91 Å². The van der Waals surface area contributed by atoms with Gasteiger partial charge in [-0.2, -0.15) is 0 Å². The number of carbonyl (C=O) groups is 1. The number of halogens is 1. The molecule has 1 aromatic carbocycles. The highest BCUT2D eigenvalue weighted by Crippen LogP contribution is 2.17. The smallest absolute Gasteiger partial charge is 0.242 e. The lowest BCUT2D eigenvalue weighted by Crippen LogP contribution is -2.47. The maximum absolute atomic E-state index is 12.5. The van der Waals surface area contributed by atoms with Gasteiger partial charge in [0.05, 0.1) is 6.54 Å². The van der Waals surface area contributed by atoms with E-state index >= 15 is 0 Å². The van der Waals surface area contributed by atoms with E-state index in [-0.39, 0.29) is 36.4 Å². The summed E-state index contributed by atoms with van der Waals surface area (Å²) in [5.74, 6) is 0.818. The first-order valence-corrected chi connectivity index (χ1v) is 9.01. The number of likely N-dealkylation sites (N-methyl/N-ethyl adjacent to an activating group) is 1. The minimum atomic E-state index is 0. The van der Waals surface area contributed by atoms with Gasteiger partial charge in [-0.25, -0.2) is 0 Å². The van der Waals surface area contributed by atoms with Crippen LogP contribution < -0.4 is 10.6 Å². The van der Waals surface area contributed by atoms with Crippen LogP contribution in [0.15, 0.2) is 35.3 Å². The van der Waals surface area contributed by atoms with E-state index in [1.165, 1.54) is 32.1 Å². The summed E-state index contributed by atoms with van der Waals surface area (Å²) in [4.78, 5) is 18.6. The summed E-state index contributed by atoms with van der Waals surface area (Å²) in [5.41, 5.74) is 1.15. The van der Waals surface area contributed by atoms with E-state index in [1.54, 1.807) is 7.05 Å². The molecule has 25 heavy (non-hydrogen) atoms. The van der Waals surface area contributed by atoms with Crippen LogP contribution in [-0.4, -0.2) is 42.9 Å². The van der Waals surface area contributed by atoms with Crippen molar-refractivity contribution in [3.05, 3.63) is 35.9 Å². The van der Waals surface area contributed by atoms with Gasteiger partial charge in [-0.1, -0.05) is 49.6 Å². The first kappa shape index (κ1) is 21.7. The van der Waals surface area contributed by atoms with E-state index in [2.05, 4.69) is 15.6 Å². The van der Waals surface area contributed by atoms with Crippen molar-refractivity contribution in [2.45, 2.75) is 51.6 Å². The van der Waals surface area contributed by atoms with Gasteiger partial charge >= 0.3 is 0 Å². The largest absolute Gasteiger partial charge is 0.354 e. The van der Waals surface area contributed by atoms with Gasteiger partial charge in [0.1, 0.15) is 0 Å². The van der Waals surface area contributed by atoms with E-state index in [1.807, 2.05) is 42.2 Å². The maximum Gasteiger partial charge on any atom is 0.242 e. The lowest BCUT2D eigenvalue weighted by atomic mass is 9.96. The highest BCUT2D eigenvalue weighted by Gasteiger charge is 2.16. The summed E-state index contributed by atoms with van der Waals surface area (Å²) >= 11 is 0. The highest BCUT2D eigenvalue weighted by atomic mass is 127. The van der Waals surface area contributed by atoms with Gasteiger partial charge in [0.25, 0.3) is 0 Å². The zero-order valence-electron chi connectivity index (χ0n) is 15.3. The highest BCUT2D eigenvalue weighted by molar-refractivity contribution is 14.0. The predicted molar refractivity (Wildman–Crippen MR) is 114 cm³/mol. The van der Waals surface area contributed by atoms with E-state index in [0.717, 1.165) is 11.5 Å². The SMILES string of the molecule is CCN(Cc1ccccc1)C(=O)CNC(=NC)NC1CCCCC1.I. The molecule has 1 saturated carbocycles. The third kappa shape index (κ3) is 7.63. The van der Waals surface area contributed by atoms with E-state index < -0.39 is 0 Å². The first-order valence-electron chi connectivity index (χ1n) is 9.01. The summed E-state index contributed by atoms with van der Waals surface area (Å²) in [5, 5.41) is 6.60. The van der Waals surface area contributed by atoms with Crippen molar-refractivity contribution < 1.29 is 4.79 Å². The number of benzene rings is 1. The lowest BCUT2D eigenvalue weighted by Gasteiger charge is -2.26. The Labute approximate surface area is 168 Å². The van der Waals surface area contributed by atoms with E-state index in [4.69, 9.17) is 0 Å². The van der Waals surface area contributed by atoms with Crippen molar-refractivity contribution in [1.29, 1.82) is 0 Å². The van der Waals surface area contributed by atoms with E-state index in [9.17, 15) is 4.79 Å². The average molecular weight is 458 g/mol. The number of hydrogen-bond donors (Lipinski definition) is 2. The molecule has 1 aromatic rings. The summed E-state index contributed by atoms with van der Waals surface area (Å²) in [6.07, 6.45) is 6.24. The molecule has 0 atom stereocenters. The summed E-state index contributed by atoms with van der Waals surface area (Å²) in [6.45, 7) is 3.62. The fourth-order valence-corrected chi connectivity index (χ4v) is 3.09. The summed E-state index contributed by atoms with van der Waals surface area (Å²) in [6, 6.07) is 10.6. The molecule has 0 saturated heterocycles. The Morgan fingerprint density at radius 2 is 1.88 bits per heavy atom. The molecule has 0 bridgehead atoms. The van der Waals surface area contributed by atoms with Crippen molar-refractivity contribution in [3.8, 4) is 0 Å². The van der Waals surface area contributed by atoms with Crippen LogP contribution in [0.5, 0.6) is 0 Å². The van der Waals surface area contributed by atoms with Gasteiger partial charge in [-0.15, -0.1) is 24.0 Å². The Morgan fingerprint density at radius 3 is 2.48 bits per heavy atom. The van der Waals surface area contributed by atoms with Crippen LogP contribution in [0.1, 0.15) is 44.6 Å². The van der Waals surface area contributed by atoms with Gasteiger partial charge in [-0.05, 0) is 25.3 Å². The number of hydrogen-bond acceptors (Lipinski definition) is 2. The van der Waals surface area contributed by atoms with Crippen LogP contribution in [0.3, 0.4) is 0 Å². The Morgan fingerprint density at radius 1 is 1.20 bits per heavy atom. The van der Waals surface area contributed by atoms with Gasteiger partial charge in [0.15, 0.2) is 5.96 Å². The number of nitrogens with one attached hydrogen (secondary N) is 2. The molecule has 0 spiro atoms. The van der Waals surface area contributed by atoms with Crippen molar-refractivity contribution in [2.24, 2.45) is 4.99 Å². The number of nitrogens with zero attached hydrogens (tertiary/aromatic N) is 2. The zero-order chi connectivity index (χ0) is 17.2. The van der Waals surface area contributed by atoms with Crippen molar-refractivity contribution in [2.75, 3.05) is 20.1 Å². The number of aliphatic imine (C=N–C) groups is 1. The molecule has 0 unspecified atom stereocenters. The predicted octanol–water partition coefficient (Wildman–Crippen LogP) is 3.15. The normalized spacial score (nSPS) is 15.2. The molecule has 0 heterocycles. The van der Waals surface area contributed by atoms with Crippen molar-refractivity contribution >= 4 is 35.8 Å². The Hall–Kier alpha value is -1.31. The number of carbonyl (C=O) groups excluding carboxylic acids is 1. The quantitative estimate of drug-likeness (QED) is 0.391. The van der Waals surface area contributed by atoms with Crippen molar-refractivity contribution in [1.82, 2.24) is 15.5 Å². The molecular formula is C19H31IN4O. The van der Waals surface area contributed by atoms with Gasteiger partial charge in [-0.3, -0.25) is 9.79 Å². The lowest BCUT2D eigenvalue weighted by molar-refractivity contribution is -0.130. The average Bonchev–Trinajstić information content (AvgIpc) is 2.64. The number of guanidine groups is 1. The monoisotopic (exact) mass is 458 g/mol. The molecule has 1 aliphatic rings. The Balaban J connectivity index is 0.00000312. The molecule has 140 valence electrons. The van der Waals surface area contributed by atoms with Crippen LogP contribution in [0.4, 0.5) is 0 Å². The molecule has 0 aliphatic heterocycles. The molecule has 5 nitrogen and oxygen atoms in total. The molecule has 0 aromatic heterocycles. The molecule has 6 heteroatoms. The van der Waals surface area contributed by atoms with Crippen LogP contribution in [0, 0.1) is 0 Å². The number of rotatable bonds is 6. The second kappa shape index (κ2) is 12.1. The molecule has 1 aliphatic carbocycles. The molecule has 1 amide bonds. The molecular weight excluding hydrogens is 427 g/mol. The fourth-order valence-electron chi connectivity index (χ4n) is 3.09. The third-order valence-corrected chi connectivity index (χ3v) is 4.53. The zero-order valence-corrected chi connectivity index (χ0v) is 17.7. The summed E-state index contributed by atoms with van der Waals surface area (Å²) < 4.78 is 0. The van der Waals surface area contributed by atoms with Gasteiger partial charge in [0, 0.05) is 26.2 Å². The molecule has 2 rings (SSSR count). The molecule has 1 fully saturated rings. The standard InChI is InChI=1S/C19H30N4O.HI/c1-3-23(15-16-10-6-4-7-11-16)18(24)14-21-19(20-2)22-17-12-8-5-9-13-17;/h4,6-7,10-11,17H,3,5,8-9,12-15H2,1-2H3,(H2,20,21,22);1H. The first-order chi connectivity index (χ1) is 11.7. The maximum atomic E-state index is 12.5. The van der Waals surface area contributed by atoms with Crippen LogP contribution >= 0.6 is 24.0 Å². The summed E-state index contributed by atoms with van der Waals surface area (Å²) in [7, 11) is 1.75. The minimum Gasteiger partial charge on any atom is -0.354 e. The van der Waals surface area contributed by atoms with E-state index in [0.29, 0.717) is 19.1 Å². The van der Waals surface area contributed by atoms with Crippen LogP contribution in [0.2, 0.25) is 0 Å². The third-order valence-electron chi connectivity index (χ3n) is 4.53. The number of amides is 1. The van der Waals surface area contributed by atoms with Gasteiger partial charge < -0.3 is 15.5 Å². The van der Waals surface area contributed by atoms with Crippen LogP contribution in [0.25, 0.3) is 0 Å². The Kier molecular flexibility index (Phi) is 10.5. The topological polar surface area (TPSA) is 56.7 Å². The Bertz CT molecular complexity index is 529. The molecule has 0 radical (unpaired) electrons.